The normalized spacial score (nSPS) is 13.8. The second kappa shape index (κ2) is 7.09. The van der Waals surface area contributed by atoms with Crippen molar-refractivity contribution in [3.63, 3.8) is 0 Å². The van der Waals surface area contributed by atoms with Gasteiger partial charge in [-0.15, -0.1) is 11.3 Å². The average Bonchev–Trinajstić information content (AvgIpc) is 3.21. The summed E-state index contributed by atoms with van der Waals surface area (Å²) in [5.41, 5.74) is 0.868. The van der Waals surface area contributed by atoms with Gasteiger partial charge in [0.2, 0.25) is 6.79 Å². The highest BCUT2D eigenvalue weighted by Crippen LogP contribution is 2.35. The van der Waals surface area contributed by atoms with Gasteiger partial charge in [0.05, 0.1) is 17.2 Å². The van der Waals surface area contributed by atoms with Crippen LogP contribution in [0.4, 0.5) is 0 Å². The third kappa shape index (κ3) is 3.79. The predicted molar refractivity (Wildman–Crippen MR) is 90.7 cm³/mol. The summed E-state index contributed by atoms with van der Waals surface area (Å²) < 4.78 is 16.2. The van der Waals surface area contributed by atoms with Gasteiger partial charge in [0.1, 0.15) is 5.75 Å². The van der Waals surface area contributed by atoms with Crippen LogP contribution >= 0.6 is 11.3 Å². The van der Waals surface area contributed by atoms with Crippen molar-refractivity contribution in [2.24, 2.45) is 0 Å². The molecule has 2 heterocycles. The van der Waals surface area contributed by atoms with Crippen molar-refractivity contribution in [1.29, 1.82) is 0 Å². The number of fused-ring (bicyclic) bond motifs is 1. The second-order valence-electron chi connectivity index (χ2n) is 5.82. The number of amides is 1. The van der Waals surface area contributed by atoms with E-state index in [1.54, 1.807) is 36.5 Å². The number of ether oxygens (including phenoxy) is 3. The molecular formula is C17H20N2O4S. The highest BCUT2D eigenvalue weighted by Gasteiger charge is 2.18. The zero-order valence-corrected chi connectivity index (χ0v) is 14.7. The number of nitrogens with zero attached hydrogens (tertiary/aromatic N) is 1. The lowest BCUT2D eigenvalue weighted by Gasteiger charge is -2.14. The third-order valence-corrected chi connectivity index (χ3v) is 4.73. The molecule has 1 aromatic heterocycles. The summed E-state index contributed by atoms with van der Waals surface area (Å²) in [4.78, 5) is 16.7. The summed E-state index contributed by atoms with van der Waals surface area (Å²) in [5.74, 6) is 2.09. The molecule has 24 heavy (non-hydrogen) atoms. The van der Waals surface area contributed by atoms with Crippen molar-refractivity contribution >= 4 is 17.2 Å². The van der Waals surface area contributed by atoms with Crippen LogP contribution in [0.15, 0.2) is 23.6 Å². The van der Waals surface area contributed by atoms with Crippen molar-refractivity contribution in [2.45, 2.75) is 39.3 Å². The maximum Gasteiger partial charge on any atom is 0.261 e. The molecule has 128 valence electrons. The highest BCUT2D eigenvalue weighted by molar-refractivity contribution is 7.09. The minimum absolute atomic E-state index is 0.188. The molecule has 1 atom stereocenters. The Kier molecular flexibility index (Phi) is 4.89. The molecular weight excluding hydrogens is 328 g/mol. The molecule has 1 aromatic carbocycles. The fourth-order valence-electron chi connectivity index (χ4n) is 2.20. The highest BCUT2D eigenvalue weighted by atomic mass is 32.1. The van der Waals surface area contributed by atoms with Crippen molar-refractivity contribution < 1.29 is 19.0 Å². The molecule has 0 spiro atoms. The van der Waals surface area contributed by atoms with Gasteiger partial charge < -0.3 is 19.5 Å². The molecule has 0 bridgehead atoms. The van der Waals surface area contributed by atoms with Gasteiger partial charge in [0.25, 0.3) is 5.91 Å². The molecule has 0 fully saturated rings. The minimum Gasteiger partial charge on any atom is -0.481 e. The summed E-state index contributed by atoms with van der Waals surface area (Å²) in [6.07, 6.45) is -0.617. The lowest BCUT2D eigenvalue weighted by molar-refractivity contribution is -0.127. The van der Waals surface area contributed by atoms with Crippen LogP contribution in [0.2, 0.25) is 0 Å². The Hall–Kier alpha value is -2.28. The summed E-state index contributed by atoms with van der Waals surface area (Å²) >= 11 is 1.61. The van der Waals surface area contributed by atoms with E-state index in [9.17, 15) is 4.79 Å². The van der Waals surface area contributed by atoms with E-state index in [-0.39, 0.29) is 12.7 Å². The van der Waals surface area contributed by atoms with Gasteiger partial charge in [0.15, 0.2) is 17.6 Å². The average molecular weight is 348 g/mol. The summed E-state index contributed by atoms with van der Waals surface area (Å²) in [6.45, 7) is 6.52. The molecule has 1 unspecified atom stereocenters. The smallest absolute Gasteiger partial charge is 0.261 e. The van der Waals surface area contributed by atoms with Gasteiger partial charge in [-0.3, -0.25) is 4.79 Å². The first-order valence-electron chi connectivity index (χ1n) is 7.81. The number of benzene rings is 1. The Labute approximate surface area is 144 Å². The minimum atomic E-state index is -0.617. The number of aromatic nitrogens is 1. The van der Waals surface area contributed by atoms with Gasteiger partial charge in [0, 0.05) is 17.4 Å². The van der Waals surface area contributed by atoms with E-state index in [4.69, 9.17) is 14.2 Å². The van der Waals surface area contributed by atoms with Crippen molar-refractivity contribution in [3.8, 4) is 17.2 Å². The Bertz CT molecular complexity index is 729. The second-order valence-corrected chi connectivity index (χ2v) is 6.71. The van der Waals surface area contributed by atoms with E-state index in [0.29, 0.717) is 29.7 Å². The van der Waals surface area contributed by atoms with E-state index in [0.717, 1.165) is 10.7 Å². The molecule has 3 rings (SSSR count). The van der Waals surface area contributed by atoms with E-state index >= 15 is 0 Å². The number of nitrogens with one attached hydrogen (secondary N) is 1. The number of carbonyl (C=O) groups excluding carboxylic acids is 1. The zero-order valence-electron chi connectivity index (χ0n) is 13.9. The van der Waals surface area contributed by atoms with Crippen molar-refractivity contribution in [3.05, 3.63) is 34.3 Å². The molecule has 0 saturated carbocycles. The van der Waals surface area contributed by atoms with Gasteiger partial charge in [-0.25, -0.2) is 4.98 Å². The maximum absolute atomic E-state index is 12.2. The fourth-order valence-corrected chi connectivity index (χ4v) is 3.03. The van der Waals surface area contributed by atoms with Crippen LogP contribution < -0.4 is 19.5 Å². The van der Waals surface area contributed by atoms with E-state index in [1.807, 2.05) is 5.38 Å². The van der Waals surface area contributed by atoms with Gasteiger partial charge in [-0.05, 0) is 19.1 Å². The summed E-state index contributed by atoms with van der Waals surface area (Å²) in [5, 5.41) is 5.89. The van der Waals surface area contributed by atoms with E-state index in [1.165, 1.54) is 0 Å². The molecule has 1 amide bonds. The first-order chi connectivity index (χ1) is 11.5. The van der Waals surface area contributed by atoms with Crippen LogP contribution in [0.25, 0.3) is 0 Å². The number of rotatable bonds is 6. The Balaban J connectivity index is 1.52. The topological polar surface area (TPSA) is 69.7 Å². The standard InChI is InChI=1S/C17H20N2O4S/c1-10(2)17-19-12(8-24-17)7-18-16(20)11(3)23-13-4-5-14-15(6-13)22-9-21-14/h4-6,8,10-11H,7,9H2,1-3H3,(H,18,20). The van der Waals surface area contributed by atoms with Crippen LogP contribution in [-0.2, 0) is 11.3 Å². The molecule has 6 nitrogen and oxygen atoms in total. The number of hydrogen-bond donors (Lipinski definition) is 1. The molecule has 1 aliphatic heterocycles. The molecule has 0 radical (unpaired) electrons. The van der Waals surface area contributed by atoms with Crippen molar-refractivity contribution in [2.75, 3.05) is 6.79 Å². The van der Waals surface area contributed by atoms with Crippen LogP contribution in [0.3, 0.4) is 0 Å². The summed E-state index contributed by atoms with van der Waals surface area (Å²) in [6, 6.07) is 5.25. The van der Waals surface area contributed by atoms with Crippen LogP contribution in [0, 0.1) is 0 Å². The van der Waals surface area contributed by atoms with Crippen LogP contribution in [0.1, 0.15) is 37.4 Å². The van der Waals surface area contributed by atoms with E-state index in [2.05, 4.69) is 24.1 Å². The molecule has 7 heteroatoms. The first-order valence-corrected chi connectivity index (χ1v) is 8.69. The van der Waals surface area contributed by atoms with Gasteiger partial charge in [-0.1, -0.05) is 13.8 Å². The maximum atomic E-state index is 12.2. The third-order valence-electron chi connectivity index (χ3n) is 3.53. The monoisotopic (exact) mass is 348 g/mol. The number of thiazole rings is 1. The SMILES string of the molecule is CC(Oc1ccc2c(c1)OCO2)C(=O)NCc1csc(C(C)C)n1. The zero-order chi connectivity index (χ0) is 17.1. The lowest BCUT2D eigenvalue weighted by atomic mass is 10.2. The number of carbonyl (C=O) groups is 1. The quantitative estimate of drug-likeness (QED) is 0.869. The van der Waals surface area contributed by atoms with Gasteiger partial charge in [-0.2, -0.15) is 0 Å². The van der Waals surface area contributed by atoms with Crippen LogP contribution in [-0.4, -0.2) is 23.8 Å². The molecule has 1 aliphatic rings. The van der Waals surface area contributed by atoms with Crippen molar-refractivity contribution in [1.82, 2.24) is 10.3 Å². The molecule has 1 N–H and O–H groups in total. The van der Waals surface area contributed by atoms with Gasteiger partial charge >= 0.3 is 0 Å². The fraction of sp³-hybridized carbons (Fsp3) is 0.412. The Morgan fingerprint density at radius 1 is 1.33 bits per heavy atom. The molecule has 2 aromatic rings. The Morgan fingerprint density at radius 2 is 2.12 bits per heavy atom. The predicted octanol–water partition coefficient (Wildman–Crippen LogP) is 3.08. The lowest BCUT2D eigenvalue weighted by Crippen LogP contribution is -2.36. The Morgan fingerprint density at radius 3 is 2.88 bits per heavy atom. The van der Waals surface area contributed by atoms with E-state index < -0.39 is 6.10 Å². The summed E-state index contributed by atoms with van der Waals surface area (Å²) in [7, 11) is 0. The molecule has 0 saturated heterocycles. The molecule has 0 aliphatic carbocycles. The number of hydrogen-bond acceptors (Lipinski definition) is 6. The first kappa shape index (κ1) is 16.6. The van der Waals surface area contributed by atoms with Crippen LogP contribution in [0.5, 0.6) is 17.2 Å². The largest absolute Gasteiger partial charge is 0.481 e.